The minimum atomic E-state index is 0.723. The first-order valence-corrected chi connectivity index (χ1v) is 4.08. The lowest BCUT2D eigenvalue weighted by atomic mass is 10.2. The molecule has 0 saturated heterocycles. The van der Waals surface area contributed by atoms with E-state index >= 15 is 0 Å². The Morgan fingerprint density at radius 2 is 2.25 bits per heavy atom. The zero-order chi connectivity index (χ0) is 8.55. The molecule has 2 aromatic rings. The van der Waals surface area contributed by atoms with Crippen LogP contribution in [0.2, 0.25) is 5.02 Å². The van der Waals surface area contributed by atoms with Gasteiger partial charge in [-0.15, -0.1) is 0 Å². The second kappa shape index (κ2) is 2.76. The van der Waals surface area contributed by atoms with Gasteiger partial charge in [-0.05, 0) is 25.1 Å². The second-order valence-corrected chi connectivity index (χ2v) is 3.13. The molecule has 1 heterocycles. The number of rotatable bonds is 0. The van der Waals surface area contributed by atoms with E-state index in [0.29, 0.717) is 0 Å². The zero-order valence-electron chi connectivity index (χ0n) is 6.63. The van der Waals surface area contributed by atoms with Crippen molar-refractivity contribution in [2.45, 2.75) is 6.92 Å². The van der Waals surface area contributed by atoms with Crippen molar-refractivity contribution >= 4 is 22.5 Å². The number of halogens is 1. The number of hydrogen-bond acceptors (Lipinski definition) is 1. The number of nitrogens with zero attached hydrogens (tertiary/aromatic N) is 1. The molecule has 0 atom stereocenters. The molecule has 0 fully saturated rings. The second-order valence-electron chi connectivity index (χ2n) is 2.69. The van der Waals surface area contributed by atoms with Gasteiger partial charge in [0.2, 0.25) is 0 Å². The average Bonchev–Trinajstić information content (AvgIpc) is 2.03. The predicted octanol–water partition coefficient (Wildman–Crippen LogP) is 3.00. The quantitative estimate of drug-likeness (QED) is 0.602. The van der Waals surface area contributed by atoms with E-state index in [9.17, 15) is 0 Å². The molecule has 0 amide bonds. The lowest BCUT2D eigenvalue weighted by Crippen LogP contribution is -1.82. The third-order valence-electron chi connectivity index (χ3n) is 1.72. The minimum Gasteiger partial charge on any atom is -0.252 e. The van der Waals surface area contributed by atoms with Crippen LogP contribution in [0.25, 0.3) is 10.9 Å². The summed E-state index contributed by atoms with van der Waals surface area (Å²) in [7, 11) is 0. The third kappa shape index (κ3) is 1.28. The Kier molecular flexibility index (Phi) is 1.74. The molecule has 1 nitrogen and oxygen atoms in total. The molecule has 0 aliphatic carbocycles. The van der Waals surface area contributed by atoms with Crippen LogP contribution in [0.5, 0.6) is 0 Å². The van der Waals surface area contributed by atoms with Gasteiger partial charge in [0.15, 0.2) is 0 Å². The number of aromatic nitrogens is 1. The van der Waals surface area contributed by atoms with Gasteiger partial charge in [0.05, 0.1) is 5.52 Å². The van der Waals surface area contributed by atoms with Crippen molar-refractivity contribution < 1.29 is 0 Å². The maximum atomic E-state index is 5.82. The number of pyridine rings is 1. The van der Waals surface area contributed by atoms with Crippen LogP contribution in [0.4, 0.5) is 0 Å². The molecule has 0 bridgehead atoms. The van der Waals surface area contributed by atoms with E-state index in [1.165, 1.54) is 0 Å². The van der Waals surface area contributed by atoms with E-state index in [-0.39, 0.29) is 0 Å². The summed E-state index contributed by atoms with van der Waals surface area (Å²) in [6.45, 7) is 1.92. The maximum Gasteiger partial charge on any atom is 0.0720 e. The third-order valence-corrected chi connectivity index (χ3v) is 1.95. The summed E-state index contributed by atoms with van der Waals surface area (Å²) in [6.07, 6.45) is 0. The van der Waals surface area contributed by atoms with Gasteiger partial charge >= 0.3 is 0 Å². The average molecular weight is 177 g/mol. The van der Waals surface area contributed by atoms with Crippen molar-refractivity contribution in [2.75, 3.05) is 0 Å². The van der Waals surface area contributed by atoms with E-state index in [1.807, 2.05) is 31.2 Å². The normalized spacial score (nSPS) is 10.5. The standard InChI is InChI=1S/C10H7ClN/c1-7-2-3-8-4-5-9(11)6-10(8)12-7/h3-6H,1H3. The van der Waals surface area contributed by atoms with Crippen molar-refractivity contribution in [1.82, 2.24) is 4.98 Å². The fourth-order valence-corrected chi connectivity index (χ4v) is 1.30. The van der Waals surface area contributed by atoms with E-state index in [0.717, 1.165) is 21.6 Å². The Balaban J connectivity index is 2.80. The summed E-state index contributed by atoms with van der Waals surface area (Å²) in [5.41, 5.74) is 1.82. The summed E-state index contributed by atoms with van der Waals surface area (Å²) >= 11 is 5.82. The van der Waals surface area contributed by atoms with Crippen LogP contribution < -0.4 is 0 Å². The molecule has 1 aromatic heterocycles. The highest BCUT2D eigenvalue weighted by Gasteiger charge is 1.95. The molecule has 59 valence electrons. The number of benzene rings is 1. The van der Waals surface area contributed by atoms with Gasteiger partial charge in [0.25, 0.3) is 0 Å². The Morgan fingerprint density at radius 1 is 1.42 bits per heavy atom. The molecular formula is C10H7ClN. The molecule has 12 heavy (non-hydrogen) atoms. The van der Waals surface area contributed by atoms with Crippen LogP contribution in [-0.4, -0.2) is 4.98 Å². The summed E-state index contributed by atoms with van der Waals surface area (Å²) in [5.74, 6) is 0. The molecule has 0 spiro atoms. The molecule has 1 radical (unpaired) electrons. The van der Waals surface area contributed by atoms with E-state index in [1.54, 1.807) is 0 Å². The first-order valence-electron chi connectivity index (χ1n) is 3.70. The highest BCUT2D eigenvalue weighted by Crippen LogP contribution is 2.17. The minimum absolute atomic E-state index is 0.723. The Bertz CT molecular complexity index is 386. The molecule has 0 N–H and O–H groups in total. The van der Waals surface area contributed by atoms with Crippen LogP contribution >= 0.6 is 11.6 Å². The Labute approximate surface area is 76.0 Å². The highest BCUT2D eigenvalue weighted by molar-refractivity contribution is 6.31. The van der Waals surface area contributed by atoms with Crippen LogP contribution in [0, 0.1) is 13.0 Å². The first kappa shape index (κ1) is 7.56. The molecule has 2 rings (SSSR count). The number of aryl methyl sites for hydroxylation is 1. The molecule has 0 saturated carbocycles. The number of fused-ring (bicyclic) bond motifs is 1. The van der Waals surface area contributed by atoms with Crippen molar-refractivity contribution in [3.05, 3.63) is 41.0 Å². The zero-order valence-corrected chi connectivity index (χ0v) is 7.39. The van der Waals surface area contributed by atoms with Crippen LogP contribution in [0.3, 0.4) is 0 Å². The van der Waals surface area contributed by atoms with Gasteiger partial charge in [-0.3, -0.25) is 4.98 Å². The van der Waals surface area contributed by atoms with Crippen LogP contribution in [0.15, 0.2) is 24.3 Å². The van der Waals surface area contributed by atoms with Gasteiger partial charge in [-0.1, -0.05) is 17.7 Å². The highest BCUT2D eigenvalue weighted by atomic mass is 35.5. The Hall–Kier alpha value is -1.08. The molecular weight excluding hydrogens is 170 g/mol. The van der Waals surface area contributed by atoms with E-state index in [4.69, 9.17) is 11.6 Å². The smallest absolute Gasteiger partial charge is 0.0720 e. The van der Waals surface area contributed by atoms with Gasteiger partial charge in [0, 0.05) is 22.2 Å². The number of hydrogen-bond donors (Lipinski definition) is 0. The molecule has 2 heteroatoms. The summed E-state index contributed by atoms with van der Waals surface area (Å²) in [5, 5.41) is 1.80. The molecule has 1 aromatic carbocycles. The Morgan fingerprint density at radius 3 is 3.08 bits per heavy atom. The lowest BCUT2D eigenvalue weighted by molar-refractivity contribution is 1.25. The molecule has 0 unspecified atom stereocenters. The van der Waals surface area contributed by atoms with Gasteiger partial charge in [-0.2, -0.15) is 0 Å². The molecule has 0 aliphatic heterocycles. The molecule has 0 aliphatic rings. The van der Waals surface area contributed by atoms with Crippen molar-refractivity contribution in [3.63, 3.8) is 0 Å². The fourth-order valence-electron chi connectivity index (χ4n) is 1.13. The van der Waals surface area contributed by atoms with Crippen molar-refractivity contribution in [2.24, 2.45) is 0 Å². The topological polar surface area (TPSA) is 12.9 Å². The first-order chi connectivity index (χ1) is 5.75. The van der Waals surface area contributed by atoms with Gasteiger partial charge in [0.1, 0.15) is 0 Å². The summed E-state index contributed by atoms with van der Waals surface area (Å²) in [6, 6.07) is 10.6. The van der Waals surface area contributed by atoms with Crippen molar-refractivity contribution in [1.29, 1.82) is 0 Å². The lowest BCUT2D eigenvalue weighted by Gasteiger charge is -1.97. The SMILES string of the molecule is Cc1[c]cc2ccc(Cl)cc2n1. The maximum absolute atomic E-state index is 5.82. The largest absolute Gasteiger partial charge is 0.252 e. The van der Waals surface area contributed by atoms with E-state index < -0.39 is 0 Å². The van der Waals surface area contributed by atoms with Crippen LogP contribution in [0.1, 0.15) is 5.69 Å². The fraction of sp³-hybridized carbons (Fsp3) is 0.100. The van der Waals surface area contributed by atoms with E-state index in [2.05, 4.69) is 11.1 Å². The summed E-state index contributed by atoms with van der Waals surface area (Å²) < 4.78 is 0. The van der Waals surface area contributed by atoms with Crippen molar-refractivity contribution in [3.8, 4) is 0 Å². The van der Waals surface area contributed by atoms with Gasteiger partial charge < -0.3 is 0 Å². The summed E-state index contributed by atoms with van der Waals surface area (Å²) in [4.78, 5) is 4.30. The van der Waals surface area contributed by atoms with Gasteiger partial charge in [-0.25, -0.2) is 0 Å². The monoisotopic (exact) mass is 176 g/mol. The predicted molar refractivity (Wildman–Crippen MR) is 50.3 cm³/mol. The van der Waals surface area contributed by atoms with Crippen LogP contribution in [-0.2, 0) is 0 Å².